The van der Waals surface area contributed by atoms with Crippen molar-refractivity contribution in [3.05, 3.63) is 65.2 Å². The van der Waals surface area contributed by atoms with Gasteiger partial charge >= 0.3 is 0 Å². The average molecular weight is 553 g/mol. The van der Waals surface area contributed by atoms with Crippen LogP contribution in [0.5, 0.6) is 0 Å². The Balaban J connectivity index is 1.68. The summed E-state index contributed by atoms with van der Waals surface area (Å²) in [4.78, 5) is 45.9. The van der Waals surface area contributed by atoms with E-state index in [1.807, 2.05) is 19.0 Å². The number of ketones is 1. The molecule has 0 bridgehead atoms. The number of Topliss-reactive ketones (excluding diaryl/α,β-unsaturated/α-hetero) is 1. The second-order valence-electron chi connectivity index (χ2n) is 10.2. The number of sulfonamides is 1. The lowest BCUT2D eigenvalue weighted by Gasteiger charge is -2.35. The summed E-state index contributed by atoms with van der Waals surface area (Å²) in [6.07, 6.45) is 1.61. The van der Waals surface area contributed by atoms with E-state index in [4.69, 9.17) is 0 Å². The van der Waals surface area contributed by atoms with Crippen molar-refractivity contribution in [3.8, 4) is 0 Å². The fraction of sp³-hybridized carbons (Fsp3) is 0.393. The smallest absolute Gasteiger partial charge is 0.296 e. The number of hydrogen-bond donors (Lipinski definition) is 1. The lowest BCUT2D eigenvalue weighted by atomic mass is 9.82. The molecule has 10 nitrogen and oxygen atoms in total. The molecule has 0 aromatic heterocycles. The highest BCUT2D eigenvalue weighted by Gasteiger charge is 2.66. The fourth-order valence-corrected chi connectivity index (χ4v) is 7.30. The Hall–Kier alpha value is -3.54. The number of amides is 2. The maximum Gasteiger partial charge on any atom is 0.296 e. The van der Waals surface area contributed by atoms with Crippen molar-refractivity contribution in [2.24, 2.45) is 0 Å². The molecular formula is C28H32N4O6S. The zero-order chi connectivity index (χ0) is 28.1. The second-order valence-corrected chi connectivity index (χ2v) is 12.2. The highest BCUT2D eigenvalue weighted by Crippen LogP contribution is 2.53. The van der Waals surface area contributed by atoms with Gasteiger partial charge in [-0.15, -0.1) is 0 Å². The van der Waals surface area contributed by atoms with Gasteiger partial charge in [-0.1, -0.05) is 18.2 Å². The van der Waals surface area contributed by atoms with E-state index >= 15 is 0 Å². The van der Waals surface area contributed by atoms with Crippen molar-refractivity contribution in [1.29, 1.82) is 0 Å². The zero-order valence-corrected chi connectivity index (χ0v) is 23.1. The number of hydrogen-bond acceptors (Lipinski definition) is 7. The van der Waals surface area contributed by atoms with E-state index < -0.39 is 38.9 Å². The average Bonchev–Trinajstić information content (AvgIpc) is 3.60. The van der Waals surface area contributed by atoms with Gasteiger partial charge in [0.15, 0.2) is 5.54 Å². The molecule has 1 spiro atoms. The van der Waals surface area contributed by atoms with Gasteiger partial charge in [-0.2, -0.15) is 4.31 Å². The number of likely N-dealkylation sites (N-methyl/N-ethyl adjacent to an activating group) is 2. The van der Waals surface area contributed by atoms with Gasteiger partial charge in [0.05, 0.1) is 16.2 Å². The number of fused-ring (bicyclic) bond motifs is 2. The van der Waals surface area contributed by atoms with Crippen LogP contribution in [0.25, 0.3) is 5.76 Å². The van der Waals surface area contributed by atoms with Gasteiger partial charge in [-0.25, -0.2) is 8.42 Å². The van der Waals surface area contributed by atoms with Crippen molar-refractivity contribution < 1.29 is 27.9 Å². The summed E-state index contributed by atoms with van der Waals surface area (Å²) in [5.74, 6) is -2.83. The molecule has 2 aromatic carbocycles. The van der Waals surface area contributed by atoms with E-state index in [2.05, 4.69) is 0 Å². The molecule has 2 saturated heterocycles. The van der Waals surface area contributed by atoms with Crippen molar-refractivity contribution >= 4 is 39.1 Å². The van der Waals surface area contributed by atoms with Crippen LogP contribution in [-0.4, -0.2) is 92.0 Å². The van der Waals surface area contributed by atoms with Crippen LogP contribution in [-0.2, 0) is 29.9 Å². The van der Waals surface area contributed by atoms with Crippen molar-refractivity contribution in [1.82, 2.24) is 14.1 Å². The third-order valence-corrected chi connectivity index (χ3v) is 9.64. The number of rotatable bonds is 7. The summed E-state index contributed by atoms with van der Waals surface area (Å²) in [6, 6.07) is 12.5. The molecule has 1 atom stereocenters. The van der Waals surface area contributed by atoms with Gasteiger partial charge in [0.25, 0.3) is 17.6 Å². The van der Waals surface area contributed by atoms with E-state index in [0.29, 0.717) is 37.4 Å². The normalized spacial score (nSPS) is 23.0. The molecule has 39 heavy (non-hydrogen) atoms. The zero-order valence-electron chi connectivity index (χ0n) is 22.3. The summed E-state index contributed by atoms with van der Waals surface area (Å²) < 4.78 is 27.4. The molecule has 5 rings (SSSR count). The van der Waals surface area contributed by atoms with Crippen LogP contribution in [0.2, 0.25) is 0 Å². The van der Waals surface area contributed by atoms with Crippen LogP contribution in [0.3, 0.4) is 0 Å². The lowest BCUT2D eigenvalue weighted by molar-refractivity contribution is -0.143. The van der Waals surface area contributed by atoms with Crippen LogP contribution >= 0.6 is 0 Å². The molecule has 11 heteroatoms. The van der Waals surface area contributed by atoms with Crippen LogP contribution in [0, 0.1) is 0 Å². The van der Waals surface area contributed by atoms with E-state index in [-0.39, 0.29) is 22.6 Å². The quantitative estimate of drug-likeness (QED) is 0.317. The van der Waals surface area contributed by atoms with Gasteiger partial charge in [0.1, 0.15) is 5.76 Å². The first-order valence-corrected chi connectivity index (χ1v) is 14.5. The molecule has 2 aromatic rings. The minimum atomic E-state index is -3.68. The molecule has 3 heterocycles. The van der Waals surface area contributed by atoms with Gasteiger partial charge in [-0.3, -0.25) is 14.4 Å². The van der Waals surface area contributed by atoms with Crippen LogP contribution in [0.1, 0.15) is 30.9 Å². The molecule has 0 unspecified atom stereocenters. The van der Waals surface area contributed by atoms with Gasteiger partial charge < -0.3 is 19.8 Å². The number of aliphatic hydroxyl groups excluding tert-OH is 1. The van der Waals surface area contributed by atoms with Crippen molar-refractivity contribution in [2.45, 2.75) is 30.2 Å². The first-order valence-electron chi connectivity index (χ1n) is 13.0. The molecule has 3 aliphatic rings. The summed E-state index contributed by atoms with van der Waals surface area (Å²) in [5.41, 5.74) is -0.985. The Morgan fingerprint density at radius 1 is 1.00 bits per heavy atom. The minimum Gasteiger partial charge on any atom is -0.507 e. The molecule has 3 aliphatic heterocycles. The van der Waals surface area contributed by atoms with E-state index in [1.165, 1.54) is 38.4 Å². The molecule has 0 aliphatic carbocycles. The fourth-order valence-electron chi connectivity index (χ4n) is 5.79. The van der Waals surface area contributed by atoms with E-state index in [0.717, 1.165) is 12.8 Å². The Morgan fingerprint density at radius 3 is 2.26 bits per heavy atom. The molecule has 1 N–H and O–H groups in total. The van der Waals surface area contributed by atoms with Crippen LogP contribution in [0.15, 0.2) is 59.0 Å². The topological polar surface area (TPSA) is 119 Å². The molecular weight excluding hydrogens is 520 g/mol. The SMILES string of the molecule is CCN1C(=O)[C@@]2(C(=C(O)c3ccc(S(=O)(=O)N4CCCC4)cc3)C(=O)C(=O)N2CCN(C)C)c2ccccc21. The monoisotopic (exact) mass is 552 g/mol. The Morgan fingerprint density at radius 2 is 1.64 bits per heavy atom. The van der Waals surface area contributed by atoms with Crippen LogP contribution in [0.4, 0.5) is 5.69 Å². The summed E-state index contributed by atoms with van der Waals surface area (Å²) in [5, 5.41) is 11.6. The maximum atomic E-state index is 14.2. The molecule has 0 radical (unpaired) electrons. The summed E-state index contributed by atoms with van der Waals surface area (Å²) >= 11 is 0. The first-order chi connectivity index (χ1) is 18.6. The third-order valence-electron chi connectivity index (χ3n) is 7.73. The Kier molecular flexibility index (Phi) is 6.86. The predicted octanol–water partition coefficient (Wildman–Crippen LogP) is 1.98. The van der Waals surface area contributed by atoms with Crippen molar-refractivity contribution in [2.75, 3.05) is 51.7 Å². The van der Waals surface area contributed by atoms with Crippen LogP contribution < -0.4 is 4.90 Å². The number of para-hydroxylation sites is 1. The lowest BCUT2D eigenvalue weighted by Crippen LogP contribution is -2.53. The number of carbonyl (C=O) groups excluding carboxylic acids is 3. The maximum absolute atomic E-state index is 14.2. The molecule has 0 saturated carbocycles. The molecule has 2 amide bonds. The minimum absolute atomic E-state index is 0.0709. The highest BCUT2D eigenvalue weighted by molar-refractivity contribution is 7.89. The molecule has 206 valence electrons. The number of anilines is 1. The third kappa shape index (κ3) is 3.98. The van der Waals surface area contributed by atoms with E-state index in [1.54, 1.807) is 31.2 Å². The Bertz CT molecular complexity index is 1480. The standard InChI is InChI=1S/C28H32N4O6S/c1-4-31-22-10-6-5-9-21(22)28(27(31)36)23(25(34)26(35)32(28)18-17-29(2)3)24(33)19-11-13-20(14-12-19)39(37,38)30-15-7-8-16-30/h5-6,9-14,33H,4,7-8,15-18H2,1-3H3/t28-/m0/s1. The largest absolute Gasteiger partial charge is 0.507 e. The number of aliphatic hydroxyl groups is 1. The number of nitrogens with zero attached hydrogens (tertiary/aromatic N) is 4. The van der Waals surface area contributed by atoms with Crippen molar-refractivity contribution in [3.63, 3.8) is 0 Å². The molecule has 2 fully saturated rings. The predicted molar refractivity (Wildman–Crippen MR) is 145 cm³/mol. The first kappa shape index (κ1) is 27.0. The number of likely N-dealkylation sites (tertiary alicyclic amines) is 1. The Labute approximate surface area is 228 Å². The number of benzene rings is 2. The second kappa shape index (κ2) is 9.89. The van der Waals surface area contributed by atoms with E-state index in [9.17, 15) is 27.9 Å². The number of carbonyl (C=O) groups is 3. The van der Waals surface area contributed by atoms with Gasteiger partial charge in [0.2, 0.25) is 10.0 Å². The summed E-state index contributed by atoms with van der Waals surface area (Å²) in [7, 11) is -0.0383. The highest BCUT2D eigenvalue weighted by atomic mass is 32.2. The summed E-state index contributed by atoms with van der Waals surface area (Å²) in [6.45, 7) is 3.49. The van der Waals surface area contributed by atoms with Gasteiger partial charge in [-0.05, 0) is 64.2 Å². The van der Waals surface area contributed by atoms with Gasteiger partial charge in [0, 0.05) is 43.9 Å².